The summed E-state index contributed by atoms with van der Waals surface area (Å²) in [6.07, 6.45) is 0.886. The zero-order chi connectivity index (χ0) is 10.6. The molecule has 0 heterocycles. The van der Waals surface area contributed by atoms with Crippen LogP contribution in [0.15, 0.2) is 24.3 Å². The molecule has 1 aromatic carbocycles. The van der Waals surface area contributed by atoms with Gasteiger partial charge in [0.25, 0.3) is 0 Å². The van der Waals surface area contributed by atoms with E-state index in [2.05, 4.69) is 0 Å². The summed E-state index contributed by atoms with van der Waals surface area (Å²) in [5.74, 6) is 0.329. The Morgan fingerprint density at radius 2 is 1.93 bits per heavy atom. The largest absolute Gasteiger partial charge is 0.326 e. The minimum atomic E-state index is 0.110. The maximum absolute atomic E-state index is 11.7. The van der Waals surface area contributed by atoms with Crippen molar-refractivity contribution in [3.8, 4) is 0 Å². The van der Waals surface area contributed by atoms with Gasteiger partial charge >= 0.3 is 0 Å². The Morgan fingerprint density at radius 1 is 1.36 bits per heavy atom. The highest BCUT2D eigenvalue weighted by Gasteiger charge is 2.12. The molecular formula is C12H17NO. The van der Waals surface area contributed by atoms with Gasteiger partial charge in [-0.15, -0.1) is 0 Å². The molecule has 0 fully saturated rings. The van der Waals surface area contributed by atoms with Crippen LogP contribution < -0.4 is 5.73 Å². The Morgan fingerprint density at radius 3 is 2.36 bits per heavy atom. The van der Waals surface area contributed by atoms with E-state index in [9.17, 15) is 4.79 Å². The van der Waals surface area contributed by atoms with E-state index in [-0.39, 0.29) is 11.7 Å². The maximum atomic E-state index is 11.7. The zero-order valence-corrected chi connectivity index (χ0v) is 8.79. The molecule has 2 nitrogen and oxygen atoms in total. The van der Waals surface area contributed by atoms with Crippen LogP contribution >= 0.6 is 0 Å². The molecule has 0 radical (unpaired) electrons. The van der Waals surface area contributed by atoms with Crippen LogP contribution in [0.5, 0.6) is 0 Å². The molecule has 0 spiro atoms. The normalized spacial score (nSPS) is 12.5. The van der Waals surface area contributed by atoms with Crippen molar-refractivity contribution in [3.63, 3.8) is 0 Å². The second kappa shape index (κ2) is 4.91. The van der Waals surface area contributed by atoms with Crippen molar-refractivity contribution < 1.29 is 4.79 Å². The number of hydrogen-bond donors (Lipinski definition) is 1. The van der Waals surface area contributed by atoms with Crippen LogP contribution in [0.25, 0.3) is 0 Å². The summed E-state index contributed by atoms with van der Waals surface area (Å²) in [5, 5.41) is 0. The highest BCUT2D eigenvalue weighted by Crippen LogP contribution is 2.12. The molecule has 0 saturated carbocycles. The smallest absolute Gasteiger partial charge is 0.165 e. The number of carbonyl (C=O) groups is 1. The van der Waals surface area contributed by atoms with E-state index in [0.29, 0.717) is 6.54 Å². The van der Waals surface area contributed by atoms with Crippen LogP contribution in [0.1, 0.15) is 36.2 Å². The molecule has 76 valence electrons. The molecule has 0 saturated heterocycles. The van der Waals surface area contributed by atoms with Gasteiger partial charge < -0.3 is 5.73 Å². The number of ketones is 1. The first-order chi connectivity index (χ1) is 6.69. The van der Waals surface area contributed by atoms with Crippen LogP contribution in [-0.2, 0) is 6.54 Å². The van der Waals surface area contributed by atoms with Gasteiger partial charge in [0.15, 0.2) is 5.78 Å². The van der Waals surface area contributed by atoms with Crippen LogP contribution in [-0.4, -0.2) is 5.78 Å². The average Bonchev–Trinajstić information content (AvgIpc) is 2.27. The summed E-state index contributed by atoms with van der Waals surface area (Å²) in [5.41, 5.74) is 7.33. The third-order valence-corrected chi connectivity index (χ3v) is 2.53. The third kappa shape index (κ3) is 2.42. The van der Waals surface area contributed by atoms with Crippen molar-refractivity contribution >= 4 is 5.78 Å². The summed E-state index contributed by atoms with van der Waals surface area (Å²) in [6.45, 7) is 4.51. The van der Waals surface area contributed by atoms with Crippen LogP contribution in [0.4, 0.5) is 0 Å². The molecule has 2 heteroatoms. The summed E-state index contributed by atoms with van der Waals surface area (Å²) in [4.78, 5) is 11.7. The fourth-order valence-electron chi connectivity index (χ4n) is 1.28. The lowest BCUT2D eigenvalue weighted by Gasteiger charge is -2.07. The van der Waals surface area contributed by atoms with E-state index in [4.69, 9.17) is 5.73 Å². The summed E-state index contributed by atoms with van der Waals surface area (Å²) < 4.78 is 0. The molecule has 14 heavy (non-hydrogen) atoms. The molecule has 0 amide bonds. The zero-order valence-electron chi connectivity index (χ0n) is 8.79. The van der Waals surface area contributed by atoms with E-state index < -0.39 is 0 Å². The van der Waals surface area contributed by atoms with E-state index in [1.165, 1.54) is 0 Å². The van der Waals surface area contributed by atoms with Crippen LogP contribution in [0, 0.1) is 5.92 Å². The predicted octanol–water partition coefficient (Wildman–Crippen LogP) is 2.37. The fourth-order valence-corrected chi connectivity index (χ4v) is 1.28. The summed E-state index contributed by atoms with van der Waals surface area (Å²) in [6, 6.07) is 7.54. The van der Waals surface area contributed by atoms with Gasteiger partial charge in [0.05, 0.1) is 0 Å². The van der Waals surface area contributed by atoms with Crippen LogP contribution in [0.2, 0.25) is 0 Å². The Balaban J connectivity index is 2.81. The minimum Gasteiger partial charge on any atom is -0.326 e. The second-order valence-corrected chi connectivity index (χ2v) is 3.57. The lowest BCUT2D eigenvalue weighted by molar-refractivity contribution is 0.0927. The van der Waals surface area contributed by atoms with Gasteiger partial charge in [0.1, 0.15) is 0 Å². The Bertz CT molecular complexity index is 303. The average molecular weight is 191 g/mol. The molecule has 0 bridgehead atoms. The summed E-state index contributed by atoms with van der Waals surface area (Å²) >= 11 is 0. The Kier molecular flexibility index (Phi) is 3.84. The molecule has 1 atom stereocenters. The fraction of sp³-hybridized carbons (Fsp3) is 0.417. The molecule has 0 aliphatic heterocycles. The maximum Gasteiger partial charge on any atom is 0.165 e. The van der Waals surface area contributed by atoms with Gasteiger partial charge in [0, 0.05) is 18.0 Å². The highest BCUT2D eigenvalue weighted by molar-refractivity contribution is 5.97. The lowest BCUT2D eigenvalue weighted by Crippen LogP contribution is -2.10. The number of nitrogens with two attached hydrogens (primary N) is 1. The van der Waals surface area contributed by atoms with Crippen molar-refractivity contribution in [1.29, 1.82) is 0 Å². The van der Waals surface area contributed by atoms with Crippen molar-refractivity contribution in [2.75, 3.05) is 0 Å². The van der Waals surface area contributed by atoms with Crippen LogP contribution in [0.3, 0.4) is 0 Å². The molecule has 0 aromatic heterocycles. The van der Waals surface area contributed by atoms with E-state index in [1.807, 2.05) is 38.1 Å². The molecule has 1 unspecified atom stereocenters. The number of benzene rings is 1. The molecule has 1 rings (SSSR count). The Hall–Kier alpha value is -1.15. The molecular weight excluding hydrogens is 174 g/mol. The minimum absolute atomic E-state index is 0.110. The first-order valence-corrected chi connectivity index (χ1v) is 5.02. The lowest BCUT2D eigenvalue weighted by atomic mass is 9.96. The van der Waals surface area contributed by atoms with Gasteiger partial charge in [0.2, 0.25) is 0 Å². The summed E-state index contributed by atoms with van der Waals surface area (Å²) in [7, 11) is 0. The van der Waals surface area contributed by atoms with E-state index in [1.54, 1.807) is 0 Å². The van der Waals surface area contributed by atoms with Gasteiger partial charge in [-0.3, -0.25) is 4.79 Å². The number of carbonyl (C=O) groups excluding carboxylic acids is 1. The van der Waals surface area contributed by atoms with Gasteiger partial charge in [-0.25, -0.2) is 0 Å². The van der Waals surface area contributed by atoms with Crippen molar-refractivity contribution in [2.24, 2.45) is 11.7 Å². The first-order valence-electron chi connectivity index (χ1n) is 5.02. The molecule has 0 aliphatic carbocycles. The SMILES string of the molecule is CCC(C)C(=O)c1ccc(CN)cc1. The van der Waals surface area contributed by atoms with Gasteiger partial charge in [-0.2, -0.15) is 0 Å². The molecule has 1 aromatic rings. The van der Waals surface area contributed by atoms with E-state index >= 15 is 0 Å². The van der Waals surface area contributed by atoms with Crippen molar-refractivity contribution in [3.05, 3.63) is 35.4 Å². The standard InChI is InChI=1S/C12H17NO/c1-3-9(2)12(14)11-6-4-10(8-13)5-7-11/h4-7,9H,3,8,13H2,1-2H3. The van der Waals surface area contributed by atoms with Crippen molar-refractivity contribution in [2.45, 2.75) is 26.8 Å². The second-order valence-electron chi connectivity index (χ2n) is 3.57. The predicted molar refractivity (Wildman–Crippen MR) is 58.1 cm³/mol. The Labute approximate surface area is 85.1 Å². The number of Topliss-reactive ketones (excluding diaryl/α,β-unsaturated/α-hetero) is 1. The molecule has 2 N–H and O–H groups in total. The monoisotopic (exact) mass is 191 g/mol. The van der Waals surface area contributed by atoms with Gasteiger partial charge in [-0.05, 0) is 12.0 Å². The first kappa shape index (κ1) is 10.9. The molecule has 0 aliphatic rings. The number of hydrogen-bond acceptors (Lipinski definition) is 2. The van der Waals surface area contributed by atoms with Gasteiger partial charge in [-0.1, -0.05) is 38.1 Å². The quantitative estimate of drug-likeness (QED) is 0.742. The van der Waals surface area contributed by atoms with Crippen molar-refractivity contribution in [1.82, 2.24) is 0 Å². The topological polar surface area (TPSA) is 43.1 Å². The number of rotatable bonds is 4. The van der Waals surface area contributed by atoms with E-state index in [0.717, 1.165) is 17.5 Å². The highest BCUT2D eigenvalue weighted by atomic mass is 16.1. The third-order valence-electron chi connectivity index (χ3n) is 2.53.